The second-order valence-electron chi connectivity index (χ2n) is 4.74. The molecule has 2 amide bonds. The highest BCUT2D eigenvalue weighted by atomic mass is 16.5. The number of carbonyl (C=O) groups is 1. The number of rotatable bonds is 5. The number of urea groups is 1. The van der Waals surface area contributed by atoms with Crippen LogP contribution in [0.1, 0.15) is 5.56 Å². The fourth-order valence-electron chi connectivity index (χ4n) is 2.04. The summed E-state index contributed by atoms with van der Waals surface area (Å²) in [5, 5.41) is 2.88. The highest BCUT2D eigenvalue weighted by molar-refractivity contribution is 5.91. The van der Waals surface area contributed by atoms with E-state index in [1.165, 1.54) is 4.90 Å². The van der Waals surface area contributed by atoms with Crippen LogP contribution in [0.4, 0.5) is 10.5 Å². The van der Waals surface area contributed by atoms with Gasteiger partial charge in [-0.1, -0.05) is 30.3 Å². The summed E-state index contributed by atoms with van der Waals surface area (Å²) >= 11 is 0. The lowest BCUT2D eigenvalue weighted by atomic mass is 10.2. The summed E-state index contributed by atoms with van der Waals surface area (Å²) in [7, 11) is 4.85. The summed E-state index contributed by atoms with van der Waals surface area (Å²) in [5.41, 5.74) is 1.78. The van der Waals surface area contributed by atoms with Gasteiger partial charge in [-0.25, -0.2) is 4.79 Å². The average Bonchev–Trinajstić information content (AvgIpc) is 2.59. The van der Waals surface area contributed by atoms with Crippen molar-refractivity contribution in [1.82, 2.24) is 5.32 Å². The molecule has 0 aliphatic rings. The smallest absolute Gasteiger partial charge is 0.321 e. The van der Waals surface area contributed by atoms with Crippen LogP contribution in [0.15, 0.2) is 48.5 Å². The normalized spacial score (nSPS) is 9.95. The molecule has 0 heterocycles. The highest BCUT2D eigenvalue weighted by Gasteiger charge is 2.13. The van der Waals surface area contributed by atoms with E-state index >= 15 is 0 Å². The molecule has 2 rings (SSSR count). The third-order valence-electron chi connectivity index (χ3n) is 3.35. The molecular weight excluding hydrogens is 280 g/mol. The first-order valence-electron chi connectivity index (χ1n) is 6.93. The van der Waals surface area contributed by atoms with Crippen LogP contribution in [0.2, 0.25) is 0 Å². The minimum Gasteiger partial charge on any atom is -0.493 e. The van der Waals surface area contributed by atoms with Gasteiger partial charge in [-0.3, -0.25) is 4.90 Å². The maximum atomic E-state index is 12.2. The number of methoxy groups -OCH3 is 2. The predicted octanol–water partition coefficient (Wildman–Crippen LogP) is 3.05. The summed E-state index contributed by atoms with van der Waals surface area (Å²) in [6.07, 6.45) is 0. The number of ether oxygens (including phenoxy) is 2. The molecule has 0 aromatic heterocycles. The molecule has 2 aromatic carbocycles. The topological polar surface area (TPSA) is 50.8 Å². The molecule has 0 saturated carbocycles. The van der Waals surface area contributed by atoms with Crippen molar-refractivity contribution in [2.24, 2.45) is 0 Å². The zero-order valence-corrected chi connectivity index (χ0v) is 13.0. The maximum absolute atomic E-state index is 12.2. The van der Waals surface area contributed by atoms with E-state index in [9.17, 15) is 4.79 Å². The van der Waals surface area contributed by atoms with Gasteiger partial charge in [-0.05, 0) is 17.7 Å². The Kier molecular flexibility index (Phi) is 5.25. The second kappa shape index (κ2) is 7.36. The van der Waals surface area contributed by atoms with E-state index in [2.05, 4.69) is 5.32 Å². The van der Waals surface area contributed by atoms with E-state index < -0.39 is 0 Å². The van der Waals surface area contributed by atoms with Gasteiger partial charge in [0.05, 0.1) is 14.2 Å². The maximum Gasteiger partial charge on any atom is 0.321 e. The molecule has 116 valence electrons. The monoisotopic (exact) mass is 300 g/mol. The predicted molar refractivity (Wildman–Crippen MR) is 86.6 cm³/mol. The van der Waals surface area contributed by atoms with Crippen LogP contribution < -0.4 is 19.7 Å². The number of carbonyl (C=O) groups excluding carboxylic acids is 1. The number of amides is 2. The van der Waals surface area contributed by atoms with Gasteiger partial charge in [-0.2, -0.15) is 0 Å². The highest BCUT2D eigenvalue weighted by Crippen LogP contribution is 2.31. The first-order valence-corrected chi connectivity index (χ1v) is 6.93. The summed E-state index contributed by atoms with van der Waals surface area (Å²) in [6, 6.07) is 14.9. The molecule has 0 spiro atoms. The second-order valence-corrected chi connectivity index (χ2v) is 4.74. The van der Waals surface area contributed by atoms with Crippen LogP contribution in [-0.2, 0) is 6.54 Å². The van der Waals surface area contributed by atoms with Crippen molar-refractivity contribution in [1.29, 1.82) is 0 Å². The van der Waals surface area contributed by atoms with Gasteiger partial charge in [0.25, 0.3) is 0 Å². The Bertz CT molecular complexity index is 629. The molecule has 2 aromatic rings. The Balaban J connectivity index is 2.04. The summed E-state index contributed by atoms with van der Waals surface area (Å²) in [5.74, 6) is 1.21. The van der Waals surface area contributed by atoms with Crippen molar-refractivity contribution < 1.29 is 14.3 Å². The molecule has 0 radical (unpaired) electrons. The van der Waals surface area contributed by atoms with Crippen molar-refractivity contribution in [2.75, 3.05) is 26.2 Å². The molecule has 0 aliphatic carbocycles. The van der Waals surface area contributed by atoms with Gasteiger partial charge in [0, 0.05) is 25.3 Å². The summed E-state index contributed by atoms with van der Waals surface area (Å²) in [6.45, 7) is 0.483. The van der Waals surface area contributed by atoms with E-state index in [1.807, 2.05) is 36.4 Å². The molecule has 0 saturated heterocycles. The van der Waals surface area contributed by atoms with Crippen LogP contribution in [0.25, 0.3) is 0 Å². The van der Waals surface area contributed by atoms with Crippen LogP contribution in [0.5, 0.6) is 11.5 Å². The van der Waals surface area contributed by atoms with Gasteiger partial charge in [0.2, 0.25) is 0 Å². The lowest BCUT2D eigenvalue weighted by Gasteiger charge is -2.19. The molecule has 0 atom stereocenters. The Hall–Kier alpha value is -2.69. The first-order chi connectivity index (χ1) is 10.7. The van der Waals surface area contributed by atoms with Crippen LogP contribution in [-0.4, -0.2) is 27.3 Å². The van der Waals surface area contributed by atoms with Crippen molar-refractivity contribution in [3.8, 4) is 11.5 Å². The van der Waals surface area contributed by atoms with E-state index in [0.29, 0.717) is 18.0 Å². The van der Waals surface area contributed by atoms with Crippen LogP contribution in [0, 0.1) is 0 Å². The van der Waals surface area contributed by atoms with Gasteiger partial charge in [0.1, 0.15) is 0 Å². The zero-order chi connectivity index (χ0) is 15.9. The van der Waals surface area contributed by atoms with Gasteiger partial charge >= 0.3 is 6.03 Å². The number of nitrogens with zero attached hydrogens (tertiary/aromatic N) is 1. The molecule has 0 unspecified atom stereocenters. The largest absolute Gasteiger partial charge is 0.493 e. The van der Waals surface area contributed by atoms with Crippen molar-refractivity contribution >= 4 is 11.7 Å². The van der Waals surface area contributed by atoms with Crippen molar-refractivity contribution in [2.45, 2.75) is 6.54 Å². The van der Waals surface area contributed by atoms with E-state index in [4.69, 9.17) is 9.47 Å². The minimum absolute atomic E-state index is 0.184. The standard InChI is InChI=1S/C17H20N2O3/c1-19(14-9-10-15(21-2)16(11-14)22-3)17(20)18-12-13-7-5-4-6-8-13/h4-11H,12H2,1-3H3,(H,18,20). The molecule has 0 fully saturated rings. The Labute approximate surface area is 130 Å². The lowest BCUT2D eigenvalue weighted by molar-refractivity contribution is 0.247. The van der Waals surface area contributed by atoms with Gasteiger partial charge in [-0.15, -0.1) is 0 Å². The average molecular weight is 300 g/mol. The van der Waals surface area contributed by atoms with Crippen LogP contribution in [0.3, 0.4) is 0 Å². The first kappa shape index (κ1) is 15.7. The Morgan fingerprint density at radius 3 is 2.36 bits per heavy atom. The molecule has 0 bridgehead atoms. The molecule has 22 heavy (non-hydrogen) atoms. The number of benzene rings is 2. The summed E-state index contributed by atoms with van der Waals surface area (Å²) in [4.78, 5) is 13.7. The number of anilines is 1. The van der Waals surface area contributed by atoms with Crippen molar-refractivity contribution in [3.63, 3.8) is 0 Å². The Morgan fingerprint density at radius 1 is 1.05 bits per heavy atom. The molecule has 1 N–H and O–H groups in total. The molecular formula is C17H20N2O3. The molecule has 5 nitrogen and oxygen atoms in total. The molecule has 0 aliphatic heterocycles. The number of hydrogen-bond donors (Lipinski definition) is 1. The number of hydrogen-bond acceptors (Lipinski definition) is 3. The minimum atomic E-state index is -0.184. The quantitative estimate of drug-likeness (QED) is 0.923. The van der Waals surface area contributed by atoms with E-state index in [0.717, 1.165) is 11.3 Å². The SMILES string of the molecule is COc1ccc(N(C)C(=O)NCc2ccccc2)cc1OC. The fourth-order valence-corrected chi connectivity index (χ4v) is 2.04. The number of nitrogens with one attached hydrogen (secondary N) is 1. The van der Waals surface area contributed by atoms with Gasteiger partial charge in [0.15, 0.2) is 11.5 Å². The van der Waals surface area contributed by atoms with Crippen LogP contribution >= 0.6 is 0 Å². The van der Waals surface area contributed by atoms with Gasteiger partial charge < -0.3 is 14.8 Å². The fraction of sp³-hybridized carbons (Fsp3) is 0.235. The molecule has 5 heteroatoms. The summed E-state index contributed by atoms with van der Waals surface area (Å²) < 4.78 is 10.4. The lowest BCUT2D eigenvalue weighted by Crippen LogP contribution is -2.36. The third kappa shape index (κ3) is 3.69. The zero-order valence-electron chi connectivity index (χ0n) is 13.0. The third-order valence-corrected chi connectivity index (χ3v) is 3.35. The van der Waals surface area contributed by atoms with Crippen molar-refractivity contribution in [3.05, 3.63) is 54.1 Å². The van der Waals surface area contributed by atoms with E-state index in [-0.39, 0.29) is 6.03 Å². The Morgan fingerprint density at radius 2 is 1.73 bits per heavy atom. The van der Waals surface area contributed by atoms with E-state index in [1.54, 1.807) is 33.4 Å².